The van der Waals surface area contributed by atoms with Gasteiger partial charge in [0.05, 0.1) is 6.61 Å². The lowest BCUT2D eigenvalue weighted by atomic mass is 9.81. The monoisotopic (exact) mass is 653 g/mol. The van der Waals surface area contributed by atoms with Crippen LogP contribution in [-0.4, -0.2) is 30.6 Å². The molecular formula is C40H48FN3O4. The maximum atomic E-state index is 12.9. The smallest absolute Gasteiger partial charge is 0.306 e. The van der Waals surface area contributed by atoms with Crippen LogP contribution in [0.15, 0.2) is 97.1 Å². The van der Waals surface area contributed by atoms with Crippen LogP contribution in [0.25, 0.3) is 11.1 Å². The minimum Gasteiger partial charge on any atom is -0.494 e. The number of rotatable bonds is 12. The van der Waals surface area contributed by atoms with Gasteiger partial charge < -0.3 is 26.3 Å². The Labute approximate surface area is 283 Å². The van der Waals surface area contributed by atoms with Gasteiger partial charge in [-0.2, -0.15) is 0 Å². The first-order valence-electron chi connectivity index (χ1n) is 16.7. The van der Waals surface area contributed by atoms with Crippen molar-refractivity contribution in [3.8, 4) is 16.9 Å². The predicted octanol–water partition coefficient (Wildman–Crippen LogP) is 7.16. The Balaban J connectivity index is 0.000000307. The molecule has 1 aliphatic carbocycles. The Hall–Kier alpha value is -4.53. The molecule has 0 aromatic heterocycles. The number of halogens is 1. The van der Waals surface area contributed by atoms with Gasteiger partial charge >= 0.3 is 5.97 Å². The molecular weight excluding hydrogens is 605 g/mol. The van der Waals surface area contributed by atoms with Crippen LogP contribution in [0.1, 0.15) is 60.8 Å². The largest absolute Gasteiger partial charge is 0.494 e. The van der Waals surface area contributed by atoms with Crippen molar-refractivity contribution in [2.45, 2.75) is 77.6 Å². The van der Waals surface area contributed by atoms with Crippen LogP contribution >= 0.6 is 0 Å². The Morgan fingerprint density at radius 1 is 0.792 bits per heavy atom. The van der Waals surface area contributed by atoms with Crippen molar-refractivity contribution in [1.29, 1.82) is 0 Å². The quantitative estimate of drug-likeness (QED) is 0.110. The van der Waals surface area contributed by atoms with Gasteiger partial charge in [-0.3, -0.25) is 9.59 Å². The van der Waals surface area contributed by atoms with E-state index in [1.54, 1.807) is 12.1 Å². The summed E-state index contributed by atoms with van der Waals surface area (Å²) in [6.07, 6.45) is 3.87. The summed E-state index contributed by atoms with van der Waals surface area (Å²) in [6, 6.07) is 30.4. The van der Waals surface area contributed by atoms with Gasteiger partial charge in [0.15, 0.2) is 0 Å². The van der Waals surface area contributed by atoms with E-state index in [4.69, 9.17) is 20.9 Å². The Morgan fingerprint density at radius 3 is 2.06 bits per heavy atom. The molecule has 2 atom stereocenters. The third-order valence-electron chi connectivity index (χ3n) is 8.29. The van der Waals surface area contributed by atoms with Crippen LogP contribution in [0.5, 0.6) is 5.75 Å². The zero-order valence-electron chi connectivity index (χ0n) is 28.0. The topological polar surface area (TPSA) is 117 Å². The first kappa shape index (κ1) is 36.3. The van der Waals surface area contributed by atoms with E-state index in [0.29, 0.717) is 32.4 Å². The van der Waals surface area contributed by atoms with Gasteiger partial charge in [-0.1, -0.05) is 83.9 Å². The lowest BCUT2D eigenvalue weighted by Gasteiger charge is -2.30. The van der Waals surface area contributed by atoms with E-state index in [9.17, 15) is 14.0 Å². The number of aryl methyl sites for hydroxylation is 2. The Morgan fingerprint density at radius 2 is 1.42 bits per heavy atom. The molecule has 7 nitrogen and oxygen atoms in total. The number of hydrogen-bond donors (Lipinski definition) is 3. The summed E-state index contributed by atoms with van der Waals surface area (Å²) in [7, 11) is 0. The summed E-state index contributed by atoms with van der Waals surface area (Å²) in [5, 5.41) is 2.93. The summed E-state index contributed by atoms with van der Waals surface area (Å²) in [5.74, 6) is 0.529. The molecule has 0 saturated heterocycles. The van der Waals surface area contributed by atoms with Gasteiger partial charge in [0, 0.05) is 31.5 Å². The number of ether oxygens (including phenoxy) is 2. The van der Waals surface area contributed by atoms with Crippen LogP contribution in [-0.2, 0) is 27.5 Å². The van der Waals surface area contributed by atoms with Crippen LogP contribution in [0.2, 0.25) is 0 Å². The fourth-order valence-electron chi connectivity index (χ4n) is 5.67. The number of carbonyl (C=O) groups excluding carboxylic acids is 2. The molecule has 5 N–H and O–H groups in total. The molecule has 0 aliphatic heterocycles. The van der Waals surface area contributed by atoms with E-state index < -0.39 is 0 Å². The summed E-state index contributed by atoms with van der Waals surface area (Å²) in [4.78, 5) is 24.2. The Bertz CT molecular complexity index is 1570. The summed E-state index contributed by atoms with van der Waals surface area (Å²) in [6.45, 7) is 5.29. The van der Waals surface area contributed by atoms with Gasteiger partial charge in [0.1, 0.15) is 18.2 Å². The number of benzene rings is 4. The molecule has 1 amide bonds. The van der Waals surface area contributed by atoms with E-state index in [1.165, 1.54) is 17.2 Å². The molecule has 4 aromatic carbocycles. The third-order valence-corrected chi connectivity index (χ3v) is 8.29. The number of amides is 1. The average molecular weight is 654 g/mol. The maximum Gasteiger partial charge on any atom is 0.306 e. The van der Waals surface area contributed by atoms with Gasteiger partial charge in [-0.05, 0) is 92.0 Å². The van der Waals surface area contributed by atoms with Crippen LogP contribution < -0.4 is 21.5 Å². The summed E-state index contributed by atoms with van der Waals surface area (Å²) < 4.78 is 24.1. The molecule has 0 bridgehead atoms. The van der Waals surface area contributed by atoms with E-state index >= 15 is 0 Å². The van der Waals surface area contributed by atoms with Crippen LogP contribution in [0.4, 0.5) is 4.39 Å². The maximum absolute atomic E-state index is 12.9. The second-order valence-electron chi connectivity index (χ2n) is 12.7. The number of nitrogens with one attached hydrogen (secondary N) is 1. The van der Waals surface area contributed by atoms with Crippen molar-refractivity contribution in [2.75, 3.05) is 6.61 Å². The highest BCUT2D eigenvalue weighted by Gasteiger charge is 2.26. The molecule has 1 aliphatic rings. The second kappa shape index (κ2) is 18.7. The number of nitrogens with two attached hydrogens (primary N) is 2. The van der Waals surface area contributed by atoms with Gasteiger partial charge in [0.25, 0.3) is 0 Å². The van der Waals surface area contributed by atoms with Gasteiger partial charge in [-0.15, -0.1) is 0 Å². The predicted molar refractivity (Wildman–Crippen MR) is 188 cm³/mol. The first-order chi connectivity index (χ1) is 23.1. The second-order valence-corrected chi connectivity index (χ2v) is 12.7. The van der Waals surface area contributed by atoms with E-state index in [1.807, 2.05) is 92.7 Å². The van der Waals surface area contributed by atoms with Gasteiger partial charge in [0.2, 0.25) is 5.91 Å². The molecule has 48 heavy (non-hydrogen) atoms. The first-order valence-corrected chi connectivity index (χ1v) is 16.7. The lowest BCUT2D eigenvalue weighted by Crippen LogP contribution is -2.40. The zero-order valence-corrected chi connectivity index (χ0v) is 28.0. The van der Waals surface area contributed by atoms with E-state index in [2.05, 4.69) is 5.32 Å². The van der Waals surface area contributed by atoms with Crippen molar-refractivity contribution >= 4 is 11.9 Å². The highest BCUT2D eigenvalue weighted by molar-refractivity contribution is 5.75. The molecule has 1 fully saturated rings. The fraction of sp³-hybridized carbons (Fsp3) is 0.350. The molecule has 0 spiro atoms. The molecule has 1 saturated carbocycles. The van der Waals surface area contributed by atoms with Crippen LogP contribution in [0.3, 0.4) is 0 Å². The fourth-order valence-corrected chi connectivity index (χ4v) is 5.67. The normalized spacial score (nSPS) is 17.1. The SMILES string of the molecule is Cc1ccc(-c2cccc(F)c2)cc1.Cc1ccc(CNC(=O)CCCOc2ccc(COC(=O)CC3CC(N)CC(N)C3)cc2)cc1. The highest BCUT2D eigenvalue weighted by Crippen LogP contribution is 2.26. The van der Waals surface area contributed by atoms with Crippen molar-refractivity contribution in [3.05, 3.63) is 125 Å². The summed E-state index contributed by atoms with van der Waals surface area (Å²) in [5.41, 5.74) is 18.4. The minimum atomic E-state index is -0.215. The molecule has 8 heteroatoms. The van der Waals surface area contributed by atoms with Crippen molar-refractivity contribution in [1.82, 2.24) is 5.32 Å². The number of carbonyl (C=O) groups is 2. The van der Waals surface area contributed by atoms with E-state index in [-0.39, 0.29) is 42.3 Å². The molecule has 2 unspecified atom stereocenters. The lowest BCUT2D eigenvalue weighted by molar-refractivity contribution is -0.146. The van der Waals surface area contributed by atoms with E-state index in [0.717, 1.165) is 47.3 Å². The summed E-state index contributed by atoms with van der Waals surface area (Å²) >= 11 is 0. The van der Waals surface area contributed by atoms with Crippen LogP contribution in [0, 0.1) is 25.6 Å². The molecule has 254 valence electrons. The molecule has 5 rings (SSSR count). The zero-order chi connectivity index (χ0) is 34.3. The molecule has 0 radical (unpaired) electrons. The van der Waals surface area contributed by atoms with Crippen molar-refractivity contribution < 1.29 is 23.5 Å². The van der Waals surface area contributed by atoms with Gasteiger partial charge in [-0.25, -0.2) is 4.39 Å². The highest BCUT2D eigenvalue weighted by atomic mass is 19.1. The Kier molecular flexibility index (Phi) is 14.2. The van der Waals surface area contributed by atoms with Crippen molar-refractivity contribution in [3.63, 3.8) is 0 Å². The number of esters is 1. The molecule has 4 aromatic rings. The molecule has 0 heterocycles. The average Bonchev–Trinajstić information content (AvgIpc) is 3.06. The standard InChI is InChI=1S/C27H37N3O4.C13H11F/c1-19-4-6-20(7-5-19)17-30-26(31)3-2-12-33-25-10-8-21(9-11-25)18-34-27(32)15-22-13-23(28)16-24(29)14-22;1-10-5-7-11(8-6-10)12-3-2-4-13(14)9-12/h4-11,22-24H,2-3,12-18,28-29H2,1H3,(H,30,31);2-9H,1H3. The third kappa shape index (κ3) is 12.9. The number of hydrogen-bond acceptors (Lipinski definition) is 6. The van der Waals surface area contributed by atoms with Crippen molar-refractivity contribution in [2.24, 2.45) is 17.4 Å². The minimum absolute atomic E-state index is 0.0125.